The first-order valence-corrected chi connectivity index (χ1v) is 9.28. The molecule has 4 aromatic rings. The van der Waals surface area contributed by atoms with Gasteiger partial charge in [0, 0.05) is 11.3 Å². The van der Waals surface area contributed by atoms with Gasteiger partial charge in [0.15, 0.2) is 5.82 Å². The van der Waals surface area contributed by atoms with Crippen LogP contribution in [0, 0.1) is 0 Å². The Morgan fingerprint density at radius 1 is 0.875 bits per heavy atom. The van der Waals surface area contributed by atoms with E-state index in [0.29, 0.717) is 28.5 Å². The maximum atomic E-state index is 12.3. The van der Waals surface area contributed by atoms with E-state index in [-0.39, 0.29) is 5.75 Å². The van der Waals surface area contributed by atoms with Crippen LogP contribution in [-0.4, -0.2) is 27.2 Å². The minimum absolute atomic E-state index is 0.324. The molecule has 0 bridgehead atoms. The lowest BCUT2D eigenvalue weighted by Crippen LogP contribution is -2.17. The molecule has 0 saturated heterocycles. The van der Waals surface area contributed by atoms with Crippen LogP contribution in [0.3, 0.4) is 0 Å². The molecule has 0 atom stereocenters. The Hall–Kier alpha value is -4.34. The summed E-state index contributed by atoms with van der Waals surface area (Å²) in [5.41, 5.74) is 1.72. The van der Waals surface area contributed by atoms with Crippen molar-refractivity contribution in [1.29, 1.82) is 0 Å². The maximum absolute atomic E-state index is 12.3. The Morgan fingerprint density at radius 2 is 1.56 bits per heavy atom. The Morgan fingerprint density at radius 3 is 2.22 bits per heavy atom. The van der Waals surface area contributed by atoms with Gasteiger partial charge in [0.1, 0.15) is 17.8 Å². The smallest absolute Gasteiger partial charge is 0.410 e. The van der Waals surface area contributed by atoms with Crippen molar-refractivity contribution in [3.8, 4) is 28.6 Å². The normalized spacial score (nSPS) is 11.1. The number of hydrogen-bond donors (Lipinski definition) is 1. The molecule has 3 aromatic carbocycles. The first-order chi connectivity index (χ1) is 15.4. The lowest BCUT2D eigenvalue weighted by Gasteiger charge is -2.09. The number of para-hydroxylation sites is 1. The molecule has 7 nitrogen and oxygen atoms in total. The highest BCUT2D eigenvalue weighted by atomic mass is 19.4. The zero-order valence-electron chi connectivity index (χ0n) is 16.3. The predicted molar refractivity (Wildman–Crippen MR) is 110 cm³/mol. The van der Waals surface area contributed by atoms with E-state index in [1.54, 1.807) is 48.5 Å². The fourth-order valence-electron chi connectivity index (χ4n) is 2.76. The standard InChI is InChI=1S/C22H15F3N4O3/c23-22(24,25)32-19-12-10-17(11-13-19)29-14-26-20(28-29)15-6-8-16(9-7-15)27-21(30)31-18-4-2-1-3-5-18/h1-14H,(H,27,30). The number of amides is 1. The predicted octanol–water partition coefficient (Wildman–Crippen LogP) is 5.44. The lowest BCUT2D eigenvalue weighted by molar-refractivity contribution is -0.274. The molecule has 0 aliphatic rings. The Balaban J connectivity index is 1.40. The number of halogens is 3. The van der Waals surface area contributed by atoms with Gasteiger partial charge in [-0.25, -0.2) is 14.5 Å². The number of carbonyl (C=O) groups is 1. The van der Waals surface area contributed by atoms with E-state index in [1.165, 1.54) is 35.3 Å². The number of anilines is 1. The van der Waals surface area contributed by atoms with Crippen LogP contribution in [0.25, 0.3) is 17.1 Å². The minimum atomic E-state index is -4.75. The van der Waals surface area contributed by atoms with Crippen molar-refractivity contribution in [3.63, 3.8) is 0 Å². The number of rotatable bonds is 5. The number of benzene rings is 3. The molecular formula is C22H15F3N4O3. The number of ether oxygens (including phenoxy) is 2. The van der Waals surface area contributed by atoms with Gasteiger partial charge in [0.25, 0.3) is 0 Å². The number of aromatic nitrogens is 3. The second-order valence-electron chi connectivity index (χ2n) is 6.46. The third-order valence-electron chi connectivity index (χ3n) is 4.17. The number of carbonyl (C=O) groups excluding carboxylic acids is 1. The average Bonchev–Trinajstić information content (AvgIpc) is 3.24. The van der Waals surface area contributed by atoms with Gasteiger partial charge in [0.05, 0.1) is 5.69 Å². The molecule has 0 saturated carbocycles. The zero-order chi connectivity index (χ0) is 22.6. The monoisotopic (exact) mass is 440 g/mol. The SMILES string of the molecule is O=C(Nc1ccc(-c2ncn(-c3ccc(OC(F)(F)F)cc3)n2)cc1)Oc1ccccc1. The first-order valence-electron chi connectivity index (χ1n) is 9.28. The number of hydrogen-bond acceptors (Lipinski definition) is 5. The maximum Gasteiger partial charge on any atom is 0.573 e. The van der Waals surface area contributed by atoms with Crippen LogP contribution in [-0.2, 0) is 0 Å². The molecule has 1 amide bonds. The first kappa shape index (κ1) is 20.9. The van der Waals surface area contributed by atoms with Crippen molar-refractivity contribution in [2.45, 2.75) is 6.36 Å². The topological polar surface area (TPSA) is 78.3 Å². The molecule has 1 heterocycles. The highest BCUT2D eigenvalue weighted by molar-refractivity contribution is 5.86. The number of alkyl halides is 3. The van der Waals surface area contributed by atoms with Gasteiger partial charge >= 0.3 is 12.5 Å². The molecular weight excluding hydrogens is 425 g/mol. The molecule has 0 aliphatic carbocycles. The highest BCUT2D eigenvalue weighted by Crippen LogP contribution is 2.24. The molecule has 0 radical (unpaired) electrons. The molecule has 10 heteroatoms. The molecule has 0 aliphatic heterocycles. The van der Waals surface area contributed by atoms with E-state index in [4.69, 9.17) is 4.74 Å². The summed E-state index contributed by atoms with van der Waals surface area (Å²) in [6.45, 7) is 0. The Labute approximate surface area is 180 Å². The Bertz CT molecular complexity index is 1190. The van der Waals surface area contributed by atoms with Crippen LogP contribution in [0.1, 0.15) is 0 Å². The van der Waals surface area contributed by atoms with Gasteiger partial charge < -0.3 is 9.47 Å². The number of nitrogens with one attached hydrogen (secondary N) is 1. The van der Waals surface area contributed by atoms with E-state index >= 15 is 0 Å². The Kier molecular flexibility index (Phi) is 5.75. The summed E-state index contributed by atoms with van der Waals surface area (Å²) in [5, 5.41) is 6.95. The summed E-state index contributed by atoms with van der Waals surface area (Å²) in [7, 11) is 0. The van der Waals surface area contributed by atoms with Crippen LogP contribution in [0.4, 0.5) is 23.7 Å². The quantitative estimate of drug-likeness (QED) is 0.447. The van der Waals surface area contributed by atoms with E-state index in [9.17, 15) is 18.0 Å². The summed E-state index contributed by atoms with van der Waals surface area (Å²) in [4.78, 5) is 16.2. The van der Waals surface area contributed by atoms with Gasteiger partial charge in [0.2, 0.25) is 0 Å². The molecule has 1 N–H and O–H groups in total. The van der Waals surface area contributed by atoms with Crippen LogP contribution < -0.4 is 14.8 Å². The third-order valence-corrected chi connectivity index (χ3v) is 4.17. The van der Waals surface area contributed by atoms with Crippen molar-refractivity contribution in [1.82, 2.24) is 14.8 Å². The fraction of sp³-hybridized carbons (Fsp3) is 0.0455. The van der Waals surface area contributed by atoms with Gasteiger partial charge in [-0.15, -0.1) is 18.3 Å². The summed E-state index contributed by atoms with van der Waals surface area (Å²) >= 11 is 0. The molecule has 0 fully saturated rings. The van der Waals surface area contributed by atoms with E-state index in [2.05, 4.69) is 20.1 Å². The van der Waals surface area contributed by atoms with Crippen LogP contribution in [0.15, 0.2) is 85.2 Å². The lowest BCUT2D eigenvalue weighted by atomic mass is 10.2. The summed E-state index contributed by atoms with van der Waals surface area (Å²) in [6.07, 6.45) is -3.93. The molecule has 162 valence electrons. The highest BCUT2D eigenvalue weighted by Gasteiger charge is 2.31. The van der Waals surface area contributed by atoms with Crippen LogP contribution in [0.5, 0.6) is 11.5 Å². The van der Waals surface area contributed by atoms with Gasteiger partial charge in [-0.3, -0.25) is 5.32 Å². The van der Waals surface area contributed by atoms with Gasteiger partial charge in [-0.2, -0.15) is 0 Å². The van der Waals surface area contributed by atoms with Crippen LogP contribution in [0.2, 0.25) is 0 Å². The fourth-order valence-corrected chi connectivity index (χ4v) is 2.76. The van der Waals surface area contributed by atoms with Crippen molar-refractivity contribution < 1.29 is 27.4 Å². The number of nitrogens with zero attached hydrogens (tertiary/aromatic N) is 3. The van der Waals surface area contributed by atoms with Crippen LogP contribution >= 0.6 is 0 Å². The van der Waals surface area contributed by atoms with Crippen molar-refractivity contribution >= 4 is 11.8 Å². The second-order valence-corrected chi connectivity index (χ2v) is 6.46. The van der Waals surface area contributed by atoms with E-state index in [0.717, 1.165) is 0 Å². The average molecular weight is 440 g/mol. The summed E-state index contributed by atoms with van der Waals surface area (Å²) < 4.78 is 47.3. The third kappa shape index (κ3) is 5.42. The minimum Gasteiger partial charge on any atom is -0.410 e. The largest absolute Gasteiger partial charge is 0.573 e. The molecule has 0 unspecified atom stereocenters. The zero-order valence-corrected chi connectivity index (χ0v) is 16.3. The van der Waals surface area contributed by atoms with E-state index < -0.39 is 12.5 Å². The van der Waals surface area contributed by atoms with Crippen molar-refractivity contribution in [2.24, 2.45) is 0 Å². The summed E-state index contributed by atoms with van der Waals surface area (Å²) in [5.74, 6) is 0.504. The molecule has 32 heavy (non-hydrogen) atoms. The van der Waals surface area contributed by atoms with Crippen molar-refractivity contribution in [2.75, 3.05) is 5.32 Å². The summed E-state index contributed by atoms with van der Waals surface area (Å²) in [6, 6.07) is 20.7. The molecule has 0 spiro atoms. The van der Waals surface area contributed by atoms with Gasteiger partial charge in [-0.1, -0.05) is 18.2 Å². The second kappa shape index (κ2) is 8.80. The van der Waals surface area contributed by atoms with Crippen molar-refractivity contribution in [3.05, 3.63) is 85.2 Å². The van der Waals surface area contributed by atoms with Gasteiger partial charge in [-0.05, 0) is 60.7 Å². The molecule has 4 rings (SSSR count). The van der Waals surface area contributed by atoms with E-state index in [1.807, 2.05) is 6.07 Å². The molecule has 1 aromatic heterocycles.